The van der Waals surface area contributed by atoms with Gasteiger partial charge in [0.2, 0.25) is 0 Å². The summed E-state index contributed by atoms with van der Waals surface area (Å²) in [5.41, 5.74) is 12.5. The SMILES string of the molecule is C1=CC2Sc3ccc4c(c3C2C=C1)c1cc(C2Nc3ccccc3C(c3ccc(-c5ccccc5)cc3)N2)ccc1n4-c1ccccc1. The molecule has 2 aliphatic heterocycles. The smallest absolute Gasteiger partial charge is 0.104 e. The predicted molar refractivity (Wildman–Crippen MR) is 201 cm³/mol. The molecule has 0 fully saturated rings. The average molecular weight is 636 g/mol. The lowest BCUT2D eigenvalue weighted by atomic mass is 9.89. The number of anilines is 1. The molecule has 6 aromatic carbocycles. The third kappa shape index (κ3) is 4.41. The van der Waals surface area contributed by atoms with Crippen molar-refractivity contribution in [1.29, 1.82) is 0 Å². The zero-order valence-electron chi connectivity index (χ0n) is 26.3. The van der Waals surface area contributed by atoms with Crippen LogP contribution in [0.25, 0.3) is 38.6 Å². The Hall–Kier alpha value is -5.29. The lowest BCUT2D eigenvalue weighted by Crippen LogP contribution is -2.37. The topological polar surface area (TPSA) is 29.0 Å². The van der Waals surface area contributed by atoms with E-state index in [0.29, 0.717) is 11.2 Å². The van der Waals surface area contributed by atoms with Crippen molar-refractivity contribution in [3.8, 4) is 16.8 Å². The zero-order chi connectivity index (χ0) is 31.6. The third-order valence-corrected chi connectivity index (χ3v) is 11.6. The Balaban J connectivity index is 1.11. The summed E-state index contributed by atoms with van der Waals surface area (Å²) in [4.78, 5) is 1.40. The van der Waals surface area contributed by atoms with Crippen LogP contribution in [0.3, 0.4) is 0 Å². The second-order valence-corrected chi connectivity index (χ2v) is 14.2. The van der Waals surface area contributed by atoms with Gasteiger partial charge in [-0.2, -0.15) is 0 Å². The summed E-state index contributed by atoms with van der Waals surface area (Å²) in [5, 5.41) is 11.0. The summed E-state index contributed by atoms with van der Waals surface area (Å²) in [6, 6.07) is 51.0. The average Bonchev–Trinajstić information content (AvgIpc) is 3.70. The van der Waals surface area contributed by atoms with Crippen LogP contribution in [0.4, 0.5) is 5.69 Å². The Kier molecular flexibility index (Phi) is 6.46. The highest BCUT2D eigenvalue weighted by Crippen LogP contribution is 2.53. The number of thioether (sulfide) groups is 1. The summed E-state index contributed by atoms with van der Waals surface area (Å²) in [6.07, 6.45) is 9.12. The highest BCUT2D eigenvalue weighted by Gasteiger charge is 2.35. The molecular formula is C44H33N3S. The first-order valence-electron chi connectivity index (χ1n) is 16.8. The van der Waals surface area contributed by atoms with E-state index in [0.717, 1.165) is 0 Å². The predicted octanol–water partition coefficient (Wildman–Crippen LogP) is 10.9. The number of nitrogens with one attached hydrogen (secondary N) is 2. The molecule has 0 spiro atoms. The van der Waals surface area contributed by atoms with Crippen molar-refractivity contribution in [2.45, 2.75) is 28.3 Å². The Morgan fingerprint density at radius 3 is 2.17 bits per heavy atom. The van der Waals surface area contributed by atoms with E-state index in [2.05, 4.69) is 179 Å². The quantitative estimate of drug-likeness (QED) is 0.202. The van der Waals surface area contributed by atoms with E-state index < -0.39 is 0 Å². The fraction of sp³-hybridized carbons (Fsp3) is 0.0909. The number of allylic oxidation sites excluding steroid dienone is 3. The monoisotopic (exact) mass is 635 g/mol. The van der Waals surface area contributed by atoms with Gasteiger partial charge < -0.3 is 9.88 Å². The largest absolute Gasteiger partial charge is 0.366 e. The molecule has 3 heterocycles. The third-order valence-electron chi connectivity index (χ3n) is 10.2. The highest BCUT2D eigenvalue weighted by molar-refractivity contribution is 8.00. The molecule has 0 bridgehead atoms. The minimum atomic E-state index is -0.0605. The molecule has 3 nitrogen and oxygen atoms in total. The second kappa shape index (κ2) is 11.2. The molecule has 1 aromatic heterocycles. The van der Waals surface area contributed by atoms with Crippen LogP contribution in [0.5, 0.6) is 0 Å². The van der Waals surface area contributed by atoms with Gasteiger partial charge in [-0.25, -0.2) is 0 Å². The molecule has 10 rings (SSSR count). The van der Waals surface area contributed by atoms with Crippen LogP contribution in [-0.2, 0) is 0 Å². The number of aromatic nitrogens is 1. The van der Waals surface area contributed by atoms with Crippen molar-refractivity contribution in [1.82, 2.24) is 9.88 Å². The van der Waals surface area contributed by atoms with E-state index in [1.54, 1.807) is 0 Å². The molecular weight excluding hydrogens is 603 g/mol. The van der Waals surface area contributed by atoms with Crippen molar-refractivity contribution in [2.24, 2.45) is 0 Å². The van der Waals surface area contributed by atoms with Crippen molar-refractivity contribution in [2.75, 3.05) is 5.32 Å². The van der Waals surface area contributed by atoms with Crippen LogP contribution in [-0.4, -0.2) is 9.82 Å². The molecule has 4 unspecified atom stereocenters. The number of fused-ring (bicyclic) bond motifs is 8. The minimum absolute atomic E-state index is 0.0548. The molecule has 0 amide bonds. The van der Waals surface area contributed by atoms with Gasteiger partial charge in [-0.05, 0) is 75.8 Å². The van der Waals surface area contributed by atoms with Crippen molar-refractivity contribution in [3.63, 3.8) is 0 Å². The number of nitrogens with zero attached hydrogens (tertiary/aromatic N) is 1. The van der Waals surface area contributed by atoms with E-state index in [1.165, 1.54) is 71.5 Å². The molecule has 0 saturated heterocycles. The van der Waals surface area contributed by atoms with Gasteiger partial charge in [0, 0.05) is 38.2 Å². The van der Waals surface area contributed by atoms with E-state index in [1.807, 2.05) is 11.8 Å². The lowest BCUT2D eigenvalue weighted by Gasteiger charge is -2.35. The van der Waals surface area contributed by atoms with Crippen molar-refractivity contribution in [3.05, 3.63) is 186 Å². The fourth-order valence-corrected chi connectivity index (χ4v) is 9.35. The molecule has 0 saturated carbocycles. The first kappa shape index (κ1) is 27.8. The minimum Gasteiger partial charge on any atom is -0.366 e. The molecule has 48 heavy (non-hydrogen) atoms. The standard InChI is InChI=1S/C44H33N3S/c1-3-11-28(12-4-1)29-19-21-30(22-20-29)43-33-15-7-9-17-36(33)45-44(46-43)31-23-24-37-35(27-31)41-38(47(37)32-13-5-2-6-14-32)25-26-40-42(41)34-16-8-10-18-39(34)48-40/h1-27,34,39,43-46H. The maximum absolute atomic E-state index is 4.01. The van der Waals surface area contributed by atoms with Gasteiger partial charge in [0.1, 0.15) is 6.17 Å². The zero-order valence-corrected chi connectivity index (χ0v) is 27.1. The van der Waals surface area contributed by atoms with Gasteiger partial charge in [0.15, 0.2) is 0 Å². The molecule has 3 aliphatic rings. The maximum atomic E-state index is 4.01. The molecule has 0 radical (unpaired) electrons. The number of hydrogen-bond donors (Lipinski definition) is 2. The van der Waals surface area contributed by atoms with E-state index in [-0.39, 0.29) is 12.2 Å². The number of hydrogen-bond acceptors (Lipinski definition) is 3. The molecule has 230 valence electrons. The van der Waals surface area contributed by atoms with E-state index in [9.17, 15) is 0 Å². The van der Waals surface area contributed by atoms with Gasteiger partial charge in [-0.1, -0.05) is 121 Å². The summed E-state index contributed by atoms with van der Waals surface area (Å²) in [5.74, 6) is 0.373. The van der Waals surface area contributed by atoms with Gasteiger partial charge in [-0.3, -0.25) is 5.32 Å². The first-order chi connectivity index (χ1) is 23.8. The second-order valence-electron chi connectivity index (χ2n) is 12.9. The number of para-hydroxylation sites is 2. The molecule has 2 N–H and O–H groups in total. The van der Waals surface area contributed by atoms with Crippen LogP contribution >= 0.6 is 11.8 Å². The van der Waals surface area contributed by atoms with Gasteiger partial charge >= 0.3 is 0 Å². The Bertz CT molecular complexity index is 2390. The molecule has 1 aliphatic carbocycles. The Morgan fingerprint density at radius 1 is 0.604 bits per heavy atom. The van der Waals surface area contributed by atoms with E-state index in [4.69, 9.17) is 0 Å². The van der Waals surface area contributed by atoms with Gasteiger partial charge in [0.05, 0.1) is 17.1 Å². The normalized spacial score (nSPS) is 20.8. The lowest BCUT2D eigenvalue weighted by molar-refractivity contribution is 0.506. The van der Waals surface area contributed by atoms with Crippen LogP contribution in [0, 0.1) is 0 Å². The van der Waals surface area contributed by atoms with Gasteiger partial charge in [-0.15, -0.1) is 11.8 Å². The maximum Gasteiger partial charge on any atom is 0.104 e. The number of benzene rings is 6. The summed E-state index contributed by atoms with van der Waals surface area (Å²) < 4.78 is 2.45. The Labute approximate surface area is 284 Å². The van der Waals surface area contributed by atoms with Gasteiger partial charge in [0.25, 0.3) is 0 Å². The van der Waals surface area contributed by atoms with Crippen LogP contribution in [0.1, 0.15) is 40.4 Å². The summed E-state index contributed by atoms with van der Waals surface area (Å²) in [6.45, 7) is 0. The van der Waals surface area contributed by atoms with E-state index >= 15 is 0 Å². The van der Waals surface area contributed by atoms with Crippen LogP contribution in [0.15, 0.2) is 169 Å². The summed E-state index contributed by atoms with van der Waals surface area (Å²) >= 11 is 2.00. The van der Waals surface area contributed by atoms with Crippen LogP contribution < -0.4 is 10.6 Å². The highest BCUT2D eigenvalue weighted by atomic mass is 32.2. The molecule has 4 heteroatoms. The first-order valence-corrected chi connectivity index (χ1v) is 17.6. The fourth-order valence-electron chi connectivity index (χ4n) is 8.00. The Morgan fingerprint density at radius 2 is 1.31 bits per heavy atom. The molecule has 4 atom stereocenters. The van der Waals surface area contributed by atoms with Crippen molar-refractivity contribution >= 4 is 39.3 Å². The van der Waals surface area contributed by atoms with Crippen molar-refractivity contribution < 1.29 is 0 Å². The number of rotatable bonds is 4. The summed E-state index contributed by atoms with van der Waals surface area (Å²) in [7, 11) is 0. The molecule has 7 aromatic rings. The van der Waals surface area contributed by atoms with Crippen LogP contribution in [0.2, 0.25) is 0 Å².